The molecule has 4 aromatic rings. The average Bonchev–Trinajstić information content (AvgIpc) is 3.62. The van der Waals surface area contributed by atoms with Crippen LogP contribution in [0.1, 0.15) is 32.6 Å². The zero-order chi connectivity index (χ0) is 29.7. The second kappa shape index (κ2) is 10.9. The number of amides is 1. The maximum Gasteiger partial charge on any atom is 0.407 e. The van der Waals surface area contributed by atoms with E-state index in [1.165, 1.54) is 0 Å². The number of carbonyl (C=O) groups is 1. The Labute approximate surface area is 251 Å². The number of likely N-dealkylation sites (tertiary alicyclic amines) is 1. The molecule has 6 bridgehead atoms. The predicted octanol–water partition coefficient (Wildman–Crippen LogP) is 4.31. The molecule has 0 unspecified atom stereocenters. The van der Waals surface area contributed by atoms with Crippen molar-refractivity contribution in [1.82, 2.24) is 35.4 Å². The molecular formula is C29H32ClFN8O4. The van der Waals surface area contributed by atoms with E-state index in [4.69, 9.17) is 30.8 Å². The van der Waals surface area contributed by atoms with Gasteiger partial charge in [-0.15, -0.1) is 0 Å². The van der Waals surface area contributed by atoms with Gasteiger partial charge in [0.15, 0.2) is 5.82 Å². The van der Waals surface area contributed by atoms with Crippen molar-refractivity contribution in [3.63, 3.8) is 0 Å². The topological polar surface area (TPSA) is 131 Å². The monoisotopic (exact) mass is 610 g/mol. The maximum absolute atomic E-state index is 16.8. The van der Waals surface area contributed by atoms with Gasteiger partial charge in [0, 0.05) is 30.7 Å². The smallest absolute Gasteiger partial charge is 0.407 e. The molecule has 2 N–H and O–H groups in total. The molecule has 43 heavy (non-hydrogen) atoms. The van der Waals surface area contributed by atoms with Gasteiger partial charge in [0.05, 0.1) is 33.2 Å². The minimum atomic E-state index is -0.657. The SMILES string of the molecule is CN1CCC[C@H]1COc1nc2c3cnc(c(F)c3n1)-c1c(c(Cl)cc3[nH]ncc13)OCCOC(=O)N[C@]1(C)CCCN2C1. The highest BCUT2D eigenvalue weighted by atomic mass is 35.5. The Kier molecular flexibility index (Phi) is 7.08. The molecule has 12 nitrogen and oxygen atoms in total. The maximum atomic E-state index is 16.8. The fourth-order valence-corrected chi connectivity index (χ4v) is 6.62. The number of piperidine rings is 1. The highest BCUT2D eigenvalue weighted by Gasteiger charge is 2.35. The Balaban J connectivity index is 1.42. The number of hydrogen-bond donors (Lipinski definition) is 2. The number of nitrogens with zero attached hydrogens (tertiary/aromatic N) is 6. The van der Waals surface area contributed by atoms with E-state index >= 15 is 4.39 Å². The Bertz CT molecular complexity index is 1720. The summed E-state index contributed by atoms with van der Waals surface area (Å²) in [6.45, 7) is 4.35. The van der Waals surface area contributed by atoms with Crippen molar-refractivity contribution < 1.29 is 23.4 Å². The van der Waals surface area contributed by atoms with Gasteiger partial charge in [0.1, 0.15) is 42.6 Å². The van der Waals surface area contributed by atoms with Gasteiger partial charge in [0.2, 0.25) is 0 Å². The number of carbonyl (C=O) groups excluding carboxylic acids is 1. The number of aromatic nitrogens is 5. The summed E-state index contributed by atoms with van der Waals surface area (Å²) < 4.78 is 34.4. The fourth-order valence-electron chi connectivity index (χ4n) is 6.36. The number of ether oxygens (including phenoxy) is 3. The second-order valence-electron chi connectivity index (χ2n) is 11.7. The van der Waals surface area contributed by atoms with Crippen LogP contribution in [0.4, 0.5) is 15.0 Å². The van der Waals surface area contributed by atoms with Crippen LogP contribution in [0.25, 0.3) is 33.1 Å². The number of fused-ring (bicyclic) bond motifs is 7. The van der Waals surface area contributed by atoms with Gasteiger partial charge in [-0.25, -0.2) is 9.18 Å². The van der Waals surface area contributed by atoms with Crippen molar-refractivity contribution in [2.24, 2.45) is 0 Å². The van der Waals surface area contributed by atoms with Crippen LogP contribution in [0.3, 0.4) is 0 Å². The minimum Gasteiger partial charge on any atom is -0.488 e. The van der Waals surface area contributed by atoms with E-state index in [0.29, 0.717) is 47.4 Å². The summed E-state index contributed by atoms with van der Waals surface area (Å²) in [7, 11) is 2.06. The van der Waals surface area contributed by atoms with Gasteiger partial charge >= 0.3 is 12.1 Å². The molecule has 2 atom stereocenters. The molecule has 3 aromatic heterocycles. The van der Waals surface area contributed by atoms with Gasteiger partial charge < -0.3 is 29.3 Å². The number of anilines is 1. The molecule has 226 valence electrons. The van der Waals surface area contributed by atoms with E-state index in [1.54, 1.807) is 18.5 Å². The molecule has 4 aliphatic heterocycles. The number of aromatic amines is 1. The lowest BCUT2D eigenvalue weighted by Gasteiger charge is -2.41. The van der Waals surface area contributed by atoms with Crippen molar-refractivity contribution in [3.8, 4) is 23.0 Å². The van der Waals surface area contributed by atoms with Crippen molar-refractivity contribution in [3.05, 3.63) is 29.3 Å². The number of hydrogen-bond acceptors (Lipinski definition) is 10. The van der Waals surface area contributed by atoms with Crippen LogP contribution >= 0.6 is 11.6 Å². The predicted molar refractivity (Wildman–Crippen MR) is 158 cm³/mol. The third-order valence-corrected chi connectivity index (χ3v) is 8.85. The lowest BCUT2D eigenvalue weighted by atomic mass is 9.91. The van der Waals surface area contributed by atoms with Gasteiger partial charge in [-0.3, -0.25) is 10.1 Å². The number of halogens is 2. The first-order chi connectivity index (χ1) is 20.8. The summed E-state index contributed by atoms with van der Waals surface area (Å²) in [5.74, 6) is 0.0250. The molecule has 14 heteroatoms. The number of alkyl carbamates (subject to hydrolysis) is 1. The number of H-pyrrole nitrogens is 1. The van der Waals surface area contributed by atoms with E-state index in [0.717, 1.165) is 32.2 Å². The number of rotatable bonds is 3. The van der Waals surface area contributed by atoms with Gasteiger partial charge in [0.25, 0.3) is 0 Å². The van der Waals surface area contributed by atoms with Gasteiger partial charge in [-0.1, -0.05) is 11.6 Å². The standard InChI is InChI=1S/C29H32ClFN8O4/c1-29-6-4-8-39(15-29)26-18-12-32-24(22(31)23(18)34-27(35-26)43-14-16-5-3-7-38(16)2)21-17-13-33-37-20(17)11-19(30)25(21)41-9-10-42-28(40)36-29/h11-13,16H,3-10,14-15H2,1-2H3,(H,33,37)(H,36,40)/t16-,29+/m0/s1. The molecule has 4 aliphatic rings. The molecule has 2 saturated heterocycles. The Morgan fingerprint density at radius 1 is 1.19 bits per heavy atom. The molecule has 7 heterocycles. The summed E-state index contributed by atoms with van der Waals surface area (Å²) in [5.41, 5.74) is 0.343. The van der Waals surface area contributed by atoms with E-state index in [9.17, 15) is 4.79 Å². The zero-order valence-corrected chi connectivity index (χ0v) is 24.7. The molecule has 8 rings (SSSR count). The van der Waals surface area contributed by atoms with Crippen LogP contribution in [-0.4, -0.2) is 94.2 Å². The average molecular weight is 611 g/mol. The van der Waals surface area contributed by atoms with Gasteiger partial charge in [-0.05, 0) is 52.3 Å². The zero-order valence-electron chi connectivity index (χ0n) is 24.0. The van der Waals surface area contributed by atoms with Crippen LogP contribution in [0, 0.1) is 5.82 Å². The molecular weight excluding hydrogens is 579 g/mol. The normalized spacial score (nSPS) is 22.9. The van der Waals surface area contributed by atoms with Gasteiger partial charge in [-0.2, -0.15) is 15.1 Å². The lowest BCUT2D eigenvalue weighted by molar-refractivity contribution is 0.113. The largest absolute Gasteiger partial charge is 0.488 e. The summed E-state index contributed by atoms with van der Waals surface area (Å²) in [5, 5.41) is 11.2. The van der Waals surface area contributed by atoms with E-state index < -0.39 is 17.4 Å². The first-order valence-corrected chi connectivity index (χ1v) is 14.9. The van der Waals surface area contributed by atoms with Crippen molar-refractivity contribution in [2.75, 3.05) is 51.4 Å². The van der Waals surface area contributed by atoms with Crippen LogP contribution in [0.5, 0.6) is 11.8 Å². The third kappa shape index (κ3) is 5.14. The Morgan fingerprint density at radius 3 is 2.88 bits per heavy atom. The van der Waals surface area contributed by atoms with Crippen LogP contribution < -0.4 is 19.7 Å². The highest BCUT2D eigenvalue weighted by molar-refractivity contribution is 6.33. The van der Waals surface area contributed by atoms with E-state index in [1.807, 2.05) is 11.8 Å². The van der Waals surface area contributed by atoms with Crippen molar-refractivity contribution in [2.45, 2.75) is 44.2 Å². The van der Waals surface area contributed by atoms with Crippen LogP contribution in [-0.2, 0) is 4.74 Å². The van der Waals surface area contributed by atoms with E-state index in [2.05, 4.69) is 37.4 Å². The molecule has 0 spiro atoms. The lowest BCUT2D eigenvalue weighted by Crippen LogP contribution is -2.57. The molecule has 2 fully saturated rings. The van der Waals surface area contributed by atoms with Crippen LogP contribution in [0.2, 0.25) is 5.02 Å². The second-order valence-corrected chi connectivity index (χ2v) is 12.1. The molecule has 0 radical (unpaired) electrons. The third-order valence-electron chi connectivity index (χ3n) is 8.57. The summed E-state index contributed by atoms with van der Waals surface area (Å²) >= 11 is 6.64. The number of benzene rings is 1. The van der Waals surface area contributed by atoms with Crippen molar-refractivity contribution >= 4 is 45.3 Å². The van der Waals surface area contributed by atoms with Crippen molar-refractivity contribution in [1.29, 1.82) is 0 Å². The number of nitrogens with one attached hydrogen (secondary N) is 2. The minimum absolute atomic E-state index is 0.00300. The number of likely N-dealkylation sites (N-methyl/N-ethyl adjacent to an activating group) is 1. The first-order valence-electron chi connectivity index (χ1n) is 14.5. The molecule has 1 aromatic carbocycles. The molecule has 0 saturated carbocycles. The first kappa shape index (κ1) is 27.8. The molecule has 0 aliphatic carbocycles. The summed E-state index contributed by atoms with van der Waals surface area (Å²) in [4.78, 5) is 31.0. The Hall–Kier alpha value is -3.97. The summed E-state index contributed by atoms with van der Waals surface area (Å²) in [6, 6.07) is 1.95. The summed E-state index contributed by atoms with van der Waals surface area (Å²) in [6.07, 6.45) is 6.19. The Morgan fingerprint density at radius 2 is 2.05 bits per heavy atom. The molecule has 1 amide bonds. The number of pyridine rings is 1. The van der Waals surface area contributed by atoms with Crippen LogP contribution in [0.15, 0.2) is 18.5 Å². The quantitative estimate of drug-likeness (QED) is 0.346. The van der Waals surface area contributed by atoms with E-state index in [-0.39, 0.29) is 47.2 Å². The highest BCUT2D eigenvalue weighted by Crippen LogP contribution is 2.44. The fraction of sp³-hybridized carbons (Fsp3) is 0.483.